The molecule has 1 saturated heterocycles. The van der Waals surface area contributed by atoms with Crippen molar-refractivity contribution in [3.63, 3.8) is 0 Å². The normalized spacial score (nSPS) is 26.0. The standard InChI is InChI=1S/C14H21N5O4/c1-9(19-8-18-11-12(15)16-7-17-13(11)19)23-14(5-20-2)6-22-4-10(14)21-3/h7-10H,4-6H2,1-3H3,(H2,15,16,17)/t9?,10?,14-/m0/s1. The predicted octanol–water partition coefficient (Wildman–Crippen LogP) is 0.374. The highest BCUT2D eigenvalue weighted by atomic mass is 16.6. The van der Waals surface area contributed by atoms with Crippen molar-refractivity contribution in [3.05, 3.63) is 12.7 Å². The summed E-state index contributed by atoms with van der Waals surface area (Å²) in [5, 5.41) is 0. The fraction of sp³-hybridized carbons (Fsp3) is 0.643. The molecule has 0 saturated carbocycles. The van der Waals surface area contributed by atoms with Gasteiger partial charge in [0.05, 0.1) is 26.1 Å². The second-order valence-corrected chi connectivity index (χ2v) is 5.54. The molecule has 1 aliphatic heterocycles. The van der Waals surface area contributed by atoms with Crippen molar-refractivity contribution in [1.82, 2.24) is 19.5 Å². The molecule has 9 heteroatoms. The van der Waals surface area contributed by atoms with Gasteiger partial charge < -0.3 is 24.7 Å². The quantitative estimate of drug-likeness (QED) is 0.813. The molecule has 1 aliphatic rings. The summed E-state index contributed by atoms with van der Waals surface area (Å²) in [4.78, 5) is 12.4. The number of ether oxygens (including phenoxy) is 4. The van der Waals surface area contributed by atoms with Crippen LogP contribution in [0.25, 0.3) is 11.2 Å². The second-order valence-electron chi connectivity index (χ2n) is 5.54. The van der Waals surface area contributed by atoms with Crippen molar-refractivity contribution < 1.29 is 18.9 Å². The van der Waals surface area contributed by atoms with Crippen LogP contribution in [-0.4, -0.2) is 65.3 Å². The van der Waals surface area contributed by atoms with Gasteiger partial charge in [0.25, 0.3) is 0 Å². The molecule has 2 unspecified atom stereocenters. The Bertz CT molecular complexity index is 678. The summed E-state index contributed by atoms with van der Waals surface area (Å²) >= 11 is 0. The number of fused-ring (bicyclic) bond motifs is 1. The molecular formula is C14H21N5O4. The Morgan fingerprint density at radius 1 is 1.43 bits per heavy atom. The number of nitrogen functional groups attached to an aromatic ring is 1. The van der Waals surface area contributed by atoms with E-state index in [-0.39, 0.29) is 12.3 Å². The highest BCUT2D eigenvalue weighted by Crippen LogP contribution is 2.31. The number of hydrogen-bond acceptors (Lipinski definition) is 8. The number of nitrogens with two attached hydrogens (primary N) is 1. The van der Waals surface area contributed by atoms with Crippen LogP contribution in [0.15, 0.2) is 12.7 Å². The van der Waals surface area contributed by atoms with E-state index in [9.17, 15) is 0 Å². The summed E-state index contributed by atoms with van der Waals surface area (Å²) in [5.74, 6) is 0.339. The molecule has 2 N–H and O–H groups in total. The summed E-state index contributed by atoms with van der Waals surface area (Å²) in [6, 6.07) is 0. The minimum atomic E-state index is -0.682. The van der Waals surface area contributed by atoms with Gasteiger partial charge in [0.2, 0.25) is 0 Å². The molecule has 9 nitrogen and oxygen atoms in total. The van der Waals surface area contributed by atoms with Gasteiger partial charge in [-0.3, -0.25) is 4.57 Å². The third kappa shape index (κ3) is 2.76. The van der Waals surface area contributed by atoms with Crippen LogP contribution in [0, 0.1) is 0 Å². The number of anilines is 1. The number of aromatic nitrogens is 4. The van der Waals surface area contributed by atoms with Crippen molar-refractivity contribution in [1.29, 1.82) is 0 Å². The van der Waals surface area contributed by atoms with Crippen LogP contribution in [0.3, 0.4) is 0 Å². The Balaban J connectivity index is 1.89. The van der Waals surface area contributed by atoms with Crippen LogP contribution in [0.2, 0.25) is 0 Å². The lowest BCUT2D eigenvalue weighted by atomic mass is 10.0. The van der Waals surface area contributed by atoms with Crippen LogP contribution >= 0.6 is 0 Å². The molecule has 126 valence electrons. The maximum atomic E-state index is 6.28. The van der Waals surface area contributed by atoms with Crippen LogP contribution in [-0.2, 0) is 18.9 Å². The Labute approximate surface area is 133 Å². The number of imidazole rings is 1. The van der Waals surface area contributed by atoms with Gasteiger partial charge in [-0.25, -0.2) is 15.0 Å². The molecule has 3 heterocycles. The second kappa shape index (κ2) is 6.36. The van der Waals surface area contributed by atoms with E-state index in [1.54, 1.807) is 25.1 Å². The van der Waals surface area contributed by atoms with E-state index in [1.807, 2.05) is 6.92 Å². The zero-order chi connectivity index (χ0) is 16.4. The SMILES string of the molecule is COC[C@]1(OC(C)n2cnc3c(N)ncnc32)COCC1OC. The molecule has 3 rings (SSSR count). The number of rotatable bonds is 6. The maximum Gasteiger partial charge on any atom is 0.167 e. The van der Waals surface area contributed by atoms with E-state index in [4.69, 9.17) is 24.7 Å². The van der Waals surface area contributed by atoms with E-state index in [0.717, 1.165) is 0 Å². The molecule has 0 amide bonds. The van der Waals surface area contributed by atoms with Crippen LogP contribution < -0.4 is 5.73 Å². The first-order valence-electron chi connectivity index (χ1n) is 7.31. The smallest absolute Gasteiger partial charge is 0.167 e. The molecule has 2 aromatic heterocycles. The summed E-state index contributed by atoms with van der Waals surface area (Å²) < 4.78 is 24.5. The lowest BCUT2D eigenvalue weighted by molar-refractivity contribution is -0.183. The van der Waals surface area contributed by atoms with Crippen molar-refractivity contribution in [3.8, 4) is 0 Å². The van der Waals surface area contributed by atoms with E-state index in [0.29, 0.717) is 36.8 Å². The predicted molar refractivity (Wildman–Crippen MR) is 81.8 cm³/mol. The van der Waals surface area contributed by atoms with Gasteiger partial charge in [-0.1, -0.05) is 0 Å². The monoisotopic (exact) mass is 323 g/mol. The minimum absolute atomic E-state index is 0.209. The Hall–Kier alpha value is -1.81. The van der Waals surface area contributed by atoms with Gasteiger partial charge in [-0.2, -0.15) is 0 Å². The molecule has 23 heavy (non-hydrogen) atoms. The van der Waals surface area contributed by atoms with E-state index in [1.165, 1.54) is 6.33 Å². The van der Waals surface area contributed by atoms with Crippen molar-refractivity contribution >= 4 is 17.0 Å². The molecule has 0 aliphatic carbocycles. The molecule has 1 fully saturated rings. The first kappa shape index (κ1) is 16.1. The molecule has 0 bridgehead atoms. The number of methoxy groups -OCH3 is 2. The lowest BCUT2D eigenvalue weighted by Crippen LogP contribution is -2.50. The van der Waals surface area contributed by atoms with E-state index < -0.39 is 5.60 Å². The lowest BCUT2D eigenvalue weighted by Gasteiger charge is -2.35. The van der Waals surface area contributed by atoms with E-state index in [2.05, 4.69) is 15.0 Å². The highest BCUT2D eigenvalue weighted by Gasteiger charge is 2.47. The van der Waals surface area contributed by atoms with Gasteiger partial charge in [0.15, 0.2) is 11.5 Å². The summed E-state index contributed by atoms with van der Waals surface area (Å²) in [6.45, 7) is 3.13. The highest BCUT2D eigenvalue weighted by molar-refractivity contribution is 5.81. The van der Waals surface area contributed by atoms with Gasteiger partial charge >= 0.3 is 0 Å². The Morgan fingerprint density at radius 2 is 2.26 bits per heavy atom. The summed E-state index contributed by atoms with van der Waals surface area (Å²) in [5.41, 5.74) is 6.31. The molecule has 2 aromatic rings. The number of hydrogen-bond donors (Lipinski definition) is 1. The van der Waals surface area contributed by atoms with Gasteiger partial charge in [-0.05, 0) is 6.92 Å². The van der Waals surface area contributed by atoms with Crippen molar-refractivity contribution in [2.45, 2.75) is 24.9 Å². The molecule has 0 radical (unpaired) electrons. The van der Waals surface area contributed by atoms with Crippen LogP contribution in [0.4, 0.5) is 5.82 Å². The fourth-order valence-electron chi connectivity index (χ4n) is 2.92. The molecule has 0 spiro atoms. The largest absolute Gasteiger partial charge is 0.382 e. The average molecular weight is 323 g/mol. The molecule has 3 atom stereocenters. The maximum absolute atomic E-state index is 6.28. The molecular weight excluding hydrogens is 302 g/mol. The summed E-state index contributed by atoms with van der Waals surface area (Å²) in [6.07, 6.45) is 2.48. The first-order valence-corrected chi connectivity index (χ1v) is 7.31. The van der Waals surface area contributed by atoms with Gasteiger partial charge in [0.1, 0.15) is 29.8 Å². The van der Waals surface area contributed by atoms with Crippen molar-refractivity contribution in [2.24, 2.45) is 0 Å². The summed E-state index contributed by atoms with van der Waals surface area (Å²) in [7, 11) is 3.26. The van der Waals surface area contributed by atoms with E-state index >= 15 is 0 Å². The topological polar surface area (TPSA) is 107 Å². The Morgan fingerprint density at radius 3 is 3.00 bits per heavy atom. The zero-order valence-corrected chi connectivity index (χ0v) is 13.4. The van der Waals surface area contributed by atoms with Crippen molar-refractivity contribution in [2.75, 3.05) is 39.8 Å². The zero-order valence-electron chi connectivity index (χ0n) is 13.4. The third-order valence-electron chi connectivity index (χ3n) is 4.06. The van der Waals surface area contributed by atoms with Crippen LogP contribution in [0.1, 0.15) is 13.2 Å². The fourth-order valence-corrected chi connectivity index (χ4v) is 2.92. The van der Waals surface area contributed by atoms with Crippen LogP contribution in [0.5, 0.6) is 0 Å². The molecule has 0 aromatic carbocycles. The minimum Gasteiger partial charge on any atom is -0.382 e. The average Bonchev–Trinajstić information content (AvgIpc) is 3.12. The number of nitrogens with zero attached hydrogens (tertiary/aromatic N) is 4. The Kier molecular flexibility index (Phi) is 4.44. The van der Waals surface area contributed by atoms with Gasteiger partial charge in [0, 0.05) is 14.2 Å². The third-order valence-corrected chi connectivity index (χ3v) is 4.06. The first-order chi connectivity index (χ1) is 11.1. The van der Waals surface area contributed by atoms with Gasteiger partial charge in [-0.15, -0.1) is 0 Å².